The van der Waals surface area contributed by atoms with Crippen molar-refractivity contribution in [1.29, 1.82) is 0 Å². The Hall–Kier alpha value is -1.36. The molecule has 0 saturated carbocycles. The fraction of sp³-hybridized carbons (Fsp3) is 0.588. The average molecular weight is 315 g/mol. The van der Waals surface area contributed by atoms with E-state index < -0.39 is 0 Å². The van der Waals surface area contributed by atoms with Crippen LogP contribution in [0.2, 0.25) is 0 Å². The second-order valence-electron chi connectivity index (χ2n) is 6.12. The molecule has 4 rings (SSSR count). The molecule has 1 aromatic heterocycles. The lowest BCUT2D eigenvalue weighted by molar-refractivity contribution is 0.384. The van der Waals surface area contributed by atoms with E-state index in [9.17, 15) is 0 Å². The zero-order valence-electron chi connectivity index (χ0n) is 13.1. The summed E-state index contributed by atoms with van der Waals surface area (Å²) in [5.41, 5.74) is 5.64. The third kappa shape index (κ3) is 2.09. The van der Waals surface area contributed by atoms with Gasteiger partial charge < -0.3 is 4.74 Å². The summed E-state index contributed by atoms with van der Waals surface area (Å²) >= 11 is 1.79. The number of rotatable bonds is 4. The van der Waals surface area contributed by atoms with E-state index >= 15 is 0 Å². The maximum atomic E-state index is 5.43. The molecule has 0 bridgehead atoms. The van der Waals surface area contributed by atoms with Crippen LogP contribution in [0.25, 0.3) is 0 Å². The number of aliphatic imine (C=N–C) groups is 1. The molecule has 5 heteroatoms. The number of thioether (sulfide) groups is 1. The smallest absolute Gasteiger partial charge is 0.230 e. The molecule has 0 saturated heterocycles. The van der Waals surface area contributed by atoms with E-state index in [-0.39, 0.29) is 5.37 Å². The second-order valence-corrected chi connectivity index (χ2v) is 7.25. The van der Waals surface area contributed by atoms with Crippen LogP contribution >= 0.6 is 11.8 Å². The van der Waals surface area contributed by atoms with Gasteiger partial charge in [0.05, 0.1) is 23.6 Å². The zero-order chi connectivity index (χ0) is 15.1. The van der Waals surface area contributed by atoms with Gasteiger partial charge in [0.1, 0.15) is 11.7 Å². The summed E-state index contributed by atoms with van der Waals surface area (Å²) in [5.74, 6) is 1.05. The molecule has 1 aromatic rings. The molecule has 1 aliphatic carbocycles. The van der Waals surface area contributed by atoms with Crippen LogP contribution in [0, 0.1) is 0 Å². The highest BCUT2D eigenvalue weighted by Gasteiger charge is 2.44. The van der Waals surface area contributed by atoms with Gasteiger partial charge in [-0.15, -0.1) is 0 Å². The van der Waals surface area contributed by atoms with Crippen molar-refractivity contribution in [3.63, 3.8) is 0 Å². The largest absolute Gasteiger partial charge is 0.480 e. The van der Waals surface area contributed by atoms with Crippen LogP contribution in [0.4, 0.5) is 0 Å². The summed E-state index contributed by atoms with van der Waals surface area (Å²) < 4.78 is 5.43. The van der Waals surface area contributed by atoms with Gasteiger partial charge in [0.2, 0.25) is 5.88 Å². The summed E-state index contributed by atoms with van der Waals surface area (Å²) in [6, 6.07) is 0. The Morgan fingerprint density at radius 1 is 1.32 bits per heavy atom. The summed E-state index contributed by atoms with van der Waals surface area (Å²) in [7, 11) is 1.68. The number of methoxy groups -OCH3 is 1. The highest BCUT2D eigenvalue weighted by atomic mass is 32.2. The number of hydrogen-bond donors (Lipinski definition) is 0. The predicted octanol–water partition coefficient (Wildman–Crippen LogP) is 4.13. The van der Waals surface area contributed by atoms with E-state index in [0.717, 1.165) is 17.0 Å². The number of dihydropyridines is 1. The normalized spacial score (nSPS) is 25.6. The number of nitrogens with zero attached hydrogens (tertiary/aromatic N) is 3. The van der Waals surface area contributed by atoms with Crippen molar-refractivity contribution in [3.8, 4) is 5.88 Å². The Labute approximate surface area is 135 Å². The molecule has 2 aliphatic heterocycles. The van der Waals surface area contributed by atoms with Crippen LogP contribution in [-0.4, -0.2) is 28.2 Å². The number of fused-ring (bicyclic) bond motifs is 4. The van der Waals surface area contributed by atoms with Gasteiger partial charge in [-0.2, -0.15) is 0 Å². The summed E-state index contributed by atoms with van der Waals surface area (Å²) in [5, 5.41) is 0.240. The van der Waals surface area contributed by atoms with E-state index in [2.05, 4.69) is 16.9 Å². The van der Waals surface area contributed by atoms with Crippen molar-refractivity contribution in [2.45, 2.75) is 61.6 Å². The molecule has 0 unspecified atom stereocenters. The third-order valence-corrected chi connectivity index (χ3v) is 6.08. The van der Waals surface area contributed by atoms with Gasteiger partial charge in [0, 0.05) is 5.71 Å². The van der Waals surface area contributed by atoms with E-state index in [4.69, 9.17) is 9.73 Å². The van der Waals surface area contributed by atoms with Gasteiger partial charge in [-0.25, -0.2) is 9.97 Å². The highest BCUT2D eigenvalue weighted by molar-refractivity contribution is 8.00. The molecule has 3 aliphatic rings. The molecule has 116 valence electrons. The lowest BCUT2D eigenvalue weighted by atomic mass is 9.87. The van der Waals surface area contributed by atoms with Gasteiger partial charge in [-0.1, -0.05) is 30.7 Å². The first-order chi connectivity index (χ1) is 10.8. The molecule has 3 heterocycles. The van der Waals surface area contributed by atoms with Crippen LogP contribution in [0.1, 0.15) is 57.1 Å². The van der Waals surface area contributed by atoms with Crippen molar-refractivity contribution in [2.24, 2.45) is 4.99 Å². The maximum Gasteiger partial charge on any atom is 0.230 e. The van der Waals surface area contributed by atoms with Crippen LogP contribution in [0.3, 0.4) is 0 Å². The minimum Gasteiger partial charge on any atom is -0.480 e. The second kappa shape index (κ2) is 5.69. The molecule has 0 fully saturated rings. The molecule has 0 N–H and O–H groups in total. The monoisotopic (exact) mass is 315 g/mol. The average Bonchev–Trinajstić information content (AvgIpc) is 3.15. The van der Waals surface area contributed by atoms with E-state index in [1.807, 2.05) is 0 Å². The minimum absolute atomic E-state index is 0.240. The van der Waals surface area contributed by atoms with Gasteiger partial charge in [-0.3, -0.25) is 4.99 Å². The first-order valence-electron chi connectivity index (χ1n) is 8.18. The lowest BCUT2D eigenvalue weighted by Crippen LogP contribution is -2.21. The van der Waals surface area contributed by atoms with Crippen molar-refractivity contribution in [2.75, 3.05) is 7.11 Å². The lowest BCUT2D eigenvalue weighted by Gasteiger charge is -2.26. The number of aromatic nitrogens is 2. The molecule has 22 heavy (non-hydrogen) atoms. The van der Waals surface area contributed by atoms with Crippen molar-refractivity contribution < 1.29 is 4.74 Å². The Morgan fingerprint density at radius 3 is 3.05 bits per heavy atom. The number of ether oxygens (including phenoxy) is 1. The summed E-state index contributed by atoms with van der Waals surface area (Å²) in [4.78, 5) is 15.1. The van der Waals surface area contributed by atoms with Crippen LogP contribution < -0.4 is 4.74 Å². The Bertz CT molecular complexity index is 668. The zero-order valence-corrected chi connectivity index (χ0v) is 13.9. The number of unbranched alkanes of at least 4 members (excludes halogenated alkanes) is 1. The molecular weight excluding hydrogens is 294 g/mol. The fourth-order valence-electron chi connectivity index (χ4n) is 3.84. The quantitative estimate of drug-likeness (QED) is 0.838. The predicted molar refractivity (Wildman–Crippen MR) is 88.8 cm³/mol. The molecule has 2 atom stereocenters. The molecular formula is C17H21N3OS. The maximum absolute atomic E-state index is 5.43. The molecule has 0 radical (unpaired) electrons. The molecule has 0 aromatic carbocycles. The number of allylic oxidation sites excluding steroid dienone is 1. The Morgan fingerprint density at radius 2 is 2.23 bits per heavy atom. The Balaban J connectivity index is 1.76. The first-order valence-corrected chi connectivity index (χ1v) is 9.06. The van der Waals surface area contributed by atoms with Crippen molar-refractivity contribution in [1.82, 2.24) is 9.97 Å². The van der Waals surface area contributed by atoms with Gasteiger partial charge in [-0.05, 0) is 37.7 Å². The van der Waals surface area contributed by atoms with E-state index in [1.165, 1.54) is 37.8 Å². The summed E-state index contributed by atoms with van der Waals surface area (Å²) in [6.07, 6.45) is 8.87. The van der Waals surface area contributed by atoms with Gasteiger partial charge in [0.15, 0.2) is 0 Å². The van der Waals surface area contributed by atoms with E-state index in [1.54, 1.807) is 36.3 Å². The molecule has 0 spiro atoms. The topological polar surface area (TPSA) is 47.4 Å². The van der Waals surface area contributed by atoms with Crippen molar-refractivity contribution in [3.05, 3.63) is 23.2 Å². The first kappa shape index (κ1) is 14.2. The summed E-state index contributed by atoms with van der Waals surface area (Å²) in [6.45, 7) is 2.25. The third-order valence-electron chi connectivity index (χ3n) is 4.84. The molecule has 0 amide bonds. The van der Waals surface area contributed by atoms with Crippen LogP contribution in [-0.2, 0) is 0 Å². The standard InChI is InChI=1S/C17H21N3OS/c1-3-4-8-12-10-6-5-7-11(10)13-14-15(22-17(13)20-12)16(21-2)19-9-18-14/h9,13,17H,3-8H2,1-2H3/t13-,17-/m0/s1. The number of hydrogen-bond acceptors (Lipinski definition) is 5. The highest BCUT2D eigenvalue weighted by Crippen LogP contribution is 2.56. The van der Waals surface area contributed by atoms with Gasteiger partial charge in [0.25, 0.3) is 0 Å². The fourth-order valence-corrected chi connectivity index (χ4v) is 5.23. The Kier molecular flexibility index (Phi) is 3.68. The van der Waals surface area contributed by atoms with Gasteiger partial charge >= 0.3 is 0 Å². The van der Waals surface area contributed by atoms with E-state index in [0.29, 0.717) is 11.8 Å². The van der Waals surface area contributed by atoms with Crippen LogP contribution in [0.5, 0.6) is 5.88 Å². The molecule has 4 nitrogen and oxygen atoms in total. The van der Waals surface area contributed by atoms with Crippen molar-refractivity contribution >= 4 is 17.5 Å². The minimum atomic E-state index is 0.240. The van der Waals surface area contributed by atoms with Crippen LogP contribution in [0.15, 0.2) is 27.4 Å². The SMILES string of the molecule is CCCCC1=N[C@H]2Sc3c(OC)ncnc3[C@@H]2C2=C1CCC2.